The number of hydrogen-bond acceptors (Lipinski definition) is 5. The zero-order valence-electron chi connectivity index (χ0n) is 24.9. The van der Waals surface area contributed by atoms with Gasteiger partial charge in [-0.25, -0.2) is 4.79 Å². The van der Waals surface area contributed by atoms with E-state index in [0.29, 0.717) is 19.6 Å². The first-order valence-corrected chi connectivity index (χ1v) is 14.9. The second kappa shape index (κ2) is 16.9. The molecule has 4 aromatic carbocycles. The van der Waals surface area contributed by atoms with Crippen LogP contribution in [0.2, 0.25) is 0 Å². The summed E-state index contributed by atoms with van der Waals surface area (Å²) in [6.07, 6.45) is 4.87. The predicted octanol–water partition coefficient (Wildman–Crippen LogP) is 7.14. The molecule has 0 bridgehead atoms. The molecule has 0 saturated heterocycles. The molecule has 4 rings (SSSR count). The van der Waals surface area contributed by atoms with Gasteiger partial charge >= 0.3 is 11.9 Å². The number of carbonyl (C=O) groups is 2. The van der Waals surface area contributed by atoms with E-state index in [1.807, 2.05) is 36.4 Å². The Labute approximate surface area is 254 Å². The van der Waals surface area contributed by atoms with E-state index in [-0.39, 0.29) is 11.5 Å². The minimum atomic E-state index is -0.929. The lowest BCUT2D eigenvalue weighted by Crippen LogP contribution is -2.27. The molecule has 0 heterocycles. The van der Waals surface area contributed by atoms with Gasteiger partial charge in [0.25, 0.3) is 0 Å². The number of esters is 1. The van der Waals surface area contributed by atoms with Crippen LogP contribution in [0.1, 0.15) is 57.4 Å². The van der Waals surface area contributed by atoms with Crippen LogP contribution in [-0.4, -0.2) is 42.1 Å². The van der Waals surface area contributed by atoms with Crippen LogP contribution < -0.4 is 4.74 Å². The highest BCUT2D eigenvalue weighted by Crippen LogP contribution is 2.21. The van der Waals surface area contributed by atoms with Gasteiger partial charge in [0.2, 0.25) is 0 Å². The van der Waals surface area contributed by atoms with E-state index in [1.54, 1.807) is 12.1 Å². The van der Waals surface area contributed by atoms with Gasteiger partial charge < -0.3 is 14.6 Å². The fraction of sp³-hybridized carbons (Fsp3) is 0.297. The first kappa shape index (κ1) is 31.5. The Balaban J connectivity index is 1.33. The molecule has 0 aliphatic heterocycles. The number of nitrogens with zero attached hydrogens (tertiary/aromatic N) is 1. The number of methoxy groups -OCH3 is 1. The molecule has 0 unspecified atom stereocenters. The molecule has 224 valence electrons. The van der Waals surface area contributed by atoms with Crippen molar-refractivity contribution >= 4 is 11.9 Å². The molecule has 6 heteroatoms. The molecule has 0 radical (unpaired) electrons. The summed E-state index contributed by atoms with van der Waals surface area (Å²) in [5.41, 5.74) is 6.27. The smallest absolute Gasteiger partial charge is 0.335 e. The molecule has 0 fully saturated rings. The lowest BCUT2D eigenvalue weighted by molar-refractivity contribution is -0.140. The number of aromatic carboxylic acids is 1. The zero-order chi connectivity index (χ0) is 30.3. The number of hydrogen-bond donors (Lipinski definition) is 1. The van der Waals surface area contributed by atoms with Gasteiger partial charge in [0.15, 0.2) is 0 Å². The molecule has 0 aliphatic rings. The van der Waals surface area contributed by atoms with Gasteiger partial charge in [-0.1, -0.05) is 84.9 Å². The number of rotatable bonds is 17. The van der Waals surface area contributed by atoms with Crippen molar-refractivity contribution in [2.24, 2.45) is 0 Å². The molecule has 43 heavy (non-hydrogen) atoms. The summed E-state index contributed by atoms with van der Waals surface area (Å²) in [5.74, 6) is -0.238. The lowest BCUT2D eigenvalue weighted by Gasteiger charge is -2.23. The van der Waals surface area contributed by atoms with Crippen LogP contribution in [0.4, 0.5) is 0 Å². The minimum Gasteiger partial charge on any atom is -0.489 e. The van der Waals surface area contributed by atoms with Gasteiger partial charge in [0.1, 0.15) is 12.4 Å². The number of aryl methyl sites for hydroxylation is 2. The number of ether oxygens (including phenoxy) is 2. The Hall–Kier alpha value is -4.42. The summed E-state index contributed by atoms with van der Waals surface area (Å²) in [7, 11) is 1.41. The average Bonchev–Trinajstić information content (AvgIpc) is 3.05. The molecule has 6 nitrogen and oxygen atoms in total. The standard InChI is InChI=1S/C37H41NO5/c1-42-36(39)13-7-8-25-38(27-31-20-22-34(23-21-31)37(40)41)26-24-33-11-5-6-12-35(33)43-28-32-18-16-30(17-19-32)15-14-29-9-3-2-4-10-29/h2-6,9-12,16-23H,7-8,13-15,24-28H2,1H3,(H,40,41). The third-order valence-electron chi connectivity index (χ3n) is 7.57. The molecule has 4 aromatic rings. The van der Waals surface area contributed by atoms with Crippen LogP contribution in [0.15, 0.2) is 103 Å². The van der Waals surface area contributed by atoms with Crippen molar-refractivity contribution in [1.29, 1.82) is 0 Å². The maximum Gasteiger partial charge on any atom is 0.335 e. The topological polar surface area (TPSA) is 76.1 Å². The highest BCUT2D eigenvalue weighted by molar-refractivity contribution is 5.87. The summed E-state index contributed by atoms with van der Waals surface area (Å²) in [5, 5.41) is 9.23. The Morgan fingerprint density at radius 2 is 1.30 bits per heavy atom. The normalized spacial score (nSPS) is 10.9. The van der Waals surface area contributed by atoms with Crippen molar-refractivity contribution in [2.75, 3.05) is 20.2 Å². The van der Waals surface area contributed by atoms with E-state index in [1.165, 1.54) is 18.2 Å². The number of carbonyl (C=O) groups excluding carboxylic acids is 1. The third-order valence-corrected chi connectivity index (χ3v) is 7.57. The van der Waals surface area contributed by atoms with Crippen LogP contribution in [-0.2, 0) is 41.9 Å². The van der Waals surface area contributed by atoms with Gasteiger partial charge in [0, 0.05) is 19.5 Å². The van der Waals surface area contributed by atoms with Crippen molar-refractivity contribution in [2.45, 2.75) is 51.7 Å². The Bertz CT molecular complexity index is 1420. The third kappa shape index (κ3) is 10.7. The van der Waals surface area contributed by atoms with Crippen molar-refractivity contribution in [3.05, 3.63) is 137 Å². The molecule has 0 atom stereocenters. The van der Waals surface area contributed by atoms with Gasteiger partial charge in [-0.05, 0) is 84.7 Å². The van der Waals surface area contributed by atoms with Gasteiger partial charge in [-0.3, -0.25) is 9.69 Å². The minimum absolute atomic E-state index is 0.191. The van der Waals surface area contributed by atoms with E-state index in [2.05, 4.69) is 59.5 Å². The maximum absolute atomic E-state index is 11.5. The zero-order valence-corrected chi connectivity index (χ0v) is 24.9. The monoisotopic (exact) mass is 579 g/mol. The summed E-state index contributed by atoms with van der Waals surface area (Å²) >= 11 is 0. The first-order valence-electron chi connectivity index (χ1n) is 14.9. The molecule has 0 aliphatic carbocycles. The van der Waals surface area contributed by atoms with Gasteiger partial charge in [-0.15, -0.1) is 0 Å². The van der Waals surface area contributed by atoms with Gasteiger partial charge in [0.05, 0.1) is 12.7 Å². The van der Waals surface area contributed by atoms with E-state index >= 15 is 0 Å². The number of carboxylic acid groups (broad SMARTS) is 1. The second-order valence-corrected chi connectivity index (χ2v) is 10.8. The fourth-order valence-electron chi connectivity index (χ4n) is 5.01. The summed E-state index contributed by atoms with van der Waals surface area (Å²) < 4.78 is 11.1. The lowest BCUT2D eigenvalue weighted by atomic mass is 10.0. The molecule has 0 saturated carbocycles. The molecule has 0 amide bonds. The summed E-state index contributed by atoms with van der Waals surface area (Å²) in [4.78, 5) is 25.1. The Morgan fingerprint density at radius 1 is 0.674 bits per heavy atom. The van der Waals surface area contributed by atoms with Gasteiger partial charge in [-0.2, -0.15) is 0 Å². The molecular weight excluding hydrogens is 538 g/mol. The van der Waals surface area contributed by atoms with Crippen LogP contribution in [0.25, 0.3) is 0 Å². The molecule has 0 aromatic heterocycles. The van der Waals surface area contributed by atoms with Crippen molar-refractivity contribution in [3.63, 3.8) is 0 Å². The SMILES string of the molecule is COC(=O)CCCCN(CCc1ccccc1OCc1ccc(CCc2ccccc2)cc1)Cc1ccc(C(=O)O)cc1. The summed E-state index contributed by atoms with van der Waals surface area (Å²) in [6, 6.07) is 34.4. The van der Waals surface area contributed by atoms with E-state index in [4.69, 9.17) is 9.47 Å². The van der Waals surface area contributed by atoms with E-state index in [9.17, 15) is 14.7 Å². The quantitative estimate of drug-likeness (QED) is 0.106. The molecule has 0 spiro atoms. The maximum atomic E-state index is 11.5. The van der Waals surface area contributed by atoms with Crippen molar-refractivity contribution in [1.82, 2.24) is 4.90 Å². The highest BCUT2D eigenvalue weighted by Gasteiger charge is 2.11. The number of benzene rings is 4. The average molecular weight is 580 g/mol. The second-order valence-electron chi connectivity index (χ2n) is 10.8. The van der Waals surface area contributed by atoms with Crippen LogP contribution >= 0.6 is 0 Å². The summed E-state index contributed by atoms with van der Waals surface area (Å²) in [6.45, 7) is 2.81. The van der Waals surface area contributed by atoms with Crippen LogP contribution in [0.5, 0.6) is 5.75 Å². The Kier molecular flexibility index (Phi) is 12.4. The van der Waals surface area contributed by atoms with E-state index < -0.39 is 5.97 Å². The highest BCUT2D eigenvalue weighted by atomic mass is 16.5. The first-order chi connectivity index (χ1) is 21.0. The van der Waals surface area contributed by atoms with Crippen molar-refractivity contribution < 1.29 is 24.2 Å². The molecule has 1 N–H and O–H groups in total. The number of carboxylic acids is 1. The fourth-order valence-corrected chi connectivity index (χ4v) is 5.01. The number of unbranched alkanes of at least 4 members (excludes halogenated alkanes) is 1. The number of para-hydroxylation sites is 1. The van der Waals surface area contributed by atoms with Crippen LogP contribution in [0, 0.1) is 0 Å². The van der Waals surface area contributed by atoms with Crippen molar-refractivity contribution in [3.8, 4) is 5.75 Å². The van der Waals surface area contributed by atoms with E-state index in [0.717, 1.165) is 67.6 Å². The predicted molar refractivity (Wildman–Crippen MR) is 169 cm³/mol. The van der Waals surface area contributed by atoms with Crippen LogP contribution in [0.3, 0.4) is 0 Å². The molecular formula is C37H41NO5. The largest absolute Gasteiger partial charge is 0.489 e. The Morgan fingerprint density at radius 3 is 2.00 bits per heavy atom.